The fourth-order valence-corrected chi connectivity index (χ4v) is 4.40. The second-order valence-electron chi connectivity index (χ2n) is 8.37. The first-order valence-corrected chi connectivity index (χ1v) is 11.4. The summed E-state index contributed by atoms with van der Waals surface area (Å²) >= 11 is 0. The van der Waals surface area contributed by atoms with Crippen molar-refractivity contribution >= 4 is 27.6 Å². The Morgan fingerprint density at radius 3 is 2.59 bits per heavy atom. The highest BCUT2D eigenvalue weighted by molar-refractivity contribution is 6.04. The van der Waals surface area contributed by atoms with E-state index in [2.05, 4.69) is 15.1 Å². The third-order valence-corrected chi connectivity index (χ3v) is 6.11. The van der Waals surface area contributed by atoms with E-state index in [1.54, 1.807) is 47.4 Å². The van der Waals surface area contributed by atoms with Crippen molar-refractivity contribution in [3.05, 3.63) is 80.8 Å². The van der Waals surface area contributed by atoms with Gasteiger partial charge in [-0.05, 0) is 38.0 Å². The molecule has 0 spiro atoms. The molecule has 0 saturated carbocycles. The van der Waals surface area contributed by atoms with Gasteiger partial charge < -0.3 is 14.6 Å². The van der Waals surface area contributed by atoms with Gasteiger partial charge in [-0.25, -0.2) is 9.67 Å². The number of ether oxygens (including phenoxy) is 1. The Kier molecular flexibility index (Phi) is 5.93. The Hall–Kier alpha value is -3.85. The molecule has 174 valence electrons. The van der Waals surface area contributed by atoms with Gasteiger partial charge in [0.15, 0.2) is 5.69 Å². The first-order valence-electron chi connectivity index (χ1n) is 11.4. The fourth-order valence-electron chi connectivity index (χ4n) is 4.40. The van der Waals surface area contributed by atoms with Gasteiger partial charge in [-0.3, -0.25) is 14.4 Å². The van der Waals surface area contributed by atoms with Crippen molar-refractivity contribution < 1.29 is 9.53 Å². The van der Waals surface area contributed by atoms with E-state index in [4.69, 9.17) is 4.74 Å². The van der Waals surface area contributed by atoms with Gasteiger partial charge in [0.2, 0.25) is 0 Å². The van der Waals surface area contributed by atoms with Gasteiger partial charge in [-0.15, -0.1) is 0 Å². The molecular weight excluding hydrogens is 434 g/mol. The van der Waals surface area contributed by atoms with Crippen molar-refractivity contribution in [2.45, 2.75) is 39.0 Å². The average molecular weight is 460 g/mol. The Balaban J connectivity index is 1.58. The van der Waals surface area contributed by atoms with Crippen LogP contribution in [0.3, 0.4) is 0 Å². The number of nitrogens with zero attached hydrogens (tertiary/aromatic N) is 4. The molecule has 1 amide bonds. The Bertz CT molecular complexity index is 1490. The van der Waals surface area contributed by atoms with Crippen molar-refractivity contribution in [1.29, 1.82) is 0 Å². The molecule has 0 unspecified atom stereocenters. The number of para-hydroxylation sites is 1. The highest BCUT2D eigenvalue weighted by Crippen LogP contribution is 2.20. The molecule has 1 aliphatic rings. The van der Waals surface area contributed by atoms with Crippen LogP contribution in [0, 0.1) is 0 Å². The summed E-state index contributed by atoms with van der Waals surface area (Å²) in [6, 6.07) is 14.1. The molecule has 1 atom stereocenters. The van der Waals surface area contributed by atoms with Gasteiger partial charge in [0.1, 0.15) is 5.82 Å². The Morgan fingerprint density at radius 2 is 1.85 bits per heavy atom. The highest BCUT2D eigenvalue weighted by Gasteiger charge is 2.27. The minimum Gasteiger partial charge on any atom is -0.376 e. The predicted octanol–water partition coefficient (Wildman–Crippen LogP) is 2.47. The number of nitrogens with one attached hydrogen (secondary N) is 1. The minimum absolute atomic E-state index is 0.0834. The molecular formula is C25H25N5O4. The Labute approximate surface area is 195 Å². The summed E-state index contributed by atoms with van der Waals surface area (Å²) in [5, 5.41) is 5.84. The molecule has 0 bridgehead atoms. The van der Waals surface area contributed by atoms with Gasteiger partial charge >= 0.3 is 0 Å². The third-order valence-electron chi connectivity index (χ3n) is 6.11. The SMILES string of the molecule is CCn1nc(C(=O)N(Cc2nc3ccccc3c(=O)[nH]2)C[C@H]2CCCO2)c2ccccc2c1=O. The molecule has 0 radical (unpaired) electrons. The molecule has 2 aromatic heterocycles. The van der Waals surface area contributed by atoms with Crippen molar-refractivity contribution in [3.63, 3.8) is 0 Å². The summed E-state index contributed by atoms with van der Waals surface area (Å²) < 4.78 is 7.09. The molecule has 3 heterocycles. The largest absolute Gasteiger partial charge is 0.376 e. The van der Waals surface area contributed by atoms with E-state index in [1.807, 2.05) is 13.0 Å². The van der Waals surface area contributed by atoms with Crippen LogP contribution in [0.5, 0.6) is 0 Å². The number of H-pyrrole nitrogens is 1. The maximum absolute atomic E-state index is 13.9. The van der Waals surface area contributed by atoms with E-state index >= 15 is 0 Å². The third kappa shape index (κ3) is 4.10. The first-order chi connectivity index (χ1) is 16.5. The van der Waals surface area contributed by atoms with Crippen LogP contribution in [0.25, 0.3) is 21.7 Å². The maximum atomic E-state index is 13.9. The molecule has 1 aliphatic heterocycles. The number of aromatic amines is 1. The molecule has 5 rings (SSSR count). The number of carbonyl (C=O) groups is 1. The van der Waals surface area contributed by atoms with Crippen LogP contribution in [0.15, 0.2) is 58.1 Å². The molecule has 9 nitrogen and oxygen atoms in total. The lowest BCUT2D eigenvalue weighted by Crippen LogP contribution is -2.39. The second kappa shape index (κ2) is 9.18. The van der Waals surface area contributed by atoms with Crippen LogP contribution in [0.2, 0.25) is 0 Å². The molecule has 1 saturated heterocycles. The zero-order valence-electron chi connectivity index (χ0n) is 18.9. The van der Waals surface area contributed by atoms with Crippen molar-refractivity contribution in [1.82, 2.24) is 24.6 Å². The molecule has 0 aliphatic carbocycles. The number of hydrogen-bond donors (Lipinski definition) is 1. The van der Waals surface area contributed by atoms with Gasteiger partial charge in [0.05, 0.1) is 28.9 Å². The number of aromatic nitrogens is 4. The van der Waals surface area contributed by atoms with Gasteiger partial charge in [-0.2, -0.15) is 5.10 Å². The summed E-state index contributed by atoms with van der Waals surface area (Å²) in [7, 11) is 0. The summed E-state index contributed by atoms with van der Waals surface area (Å²) in [5.74, 6) is 0.0351. The van der Waals surface area contributed by atoms with Crippen LogP contribution in [0.1, 0.15) is 36.1 Å². The van der Waals surface area contributed by atoms with E-state index in [1.165, 1.54) is 4.68 Å². The van der Waals surface area contributed by atoms with Crippen LogP contribution in [0.4, 0.5) is 0 Å². The fraction of sp³-hybridized carbons (Fsp3) is 0.320. The average Bonchev–Trinajstić information content (AvgIpc) is 3.37. The number of fused-ring (bicyclic) bond motifs is 2. The maximum Gasteiger partial charge on any atom is 0.275 e. The standard InChI is InChI=1S/C25H25N5O4/c1-2-30-24(32)18-10-4-3-9-17(18)22(28-30)25(33)29(14-16-8-7-13-34-16)15-21-26-20-12-6-5-11-19(20)23(31)27-21/h3-6,9-12,16H,2,7-8,13-15H2,1H3,(H,26,27,31)/t16-/m1/s1. The summed E-state index contributed by atoms with van der Waals surface area (Å²) in [6.45, 7) is 3.22. The van der Waals surface area contributed by atoms with E-state index in [0.29, 0.717) is 47.2 Å². The van der Waals surface area contributed by atoms with Crippen LogP contribution in [-0.2, 0) is 17.8 Å². The normalized spacial score (nSPS) is 15.7. The molecule has 34 heavy (non-hydrogen) atoms. The lowest BCUT2D eigenvalue weighted by atomic mass is 10.1. The summed E-state index contributed by atoms with van der Waals surface area (Å²) in [4.78, 5) is 48.2. The van der Waals surface area contributed by atoms with Crippen LogP contribution < -0.4 is 11.1 Å². The van der Waals surface area contributed by atoms with E-state index in [0.717, 1.165) is 12.8 Å². The number of amides is 1. The van der Waals surface area contributed by atoms with Crippen LogP contribution >= 0.6 is 0 Å². The number of aryl methyl sites for hydroxylation is 1. The van der Waals surface area contributed by atoms with Gasteiger partial charge in [-0.1, -0.05) is 30.3 Å². The van der Waals surface area contributed by atoms with Crippen molar-refractivity contribution in [2.24, 2.45) is 0 Å². The summed E-state index contributed by atoms with van der Waals surface area (Å²) in [6.07, 6.45) is 1.66. The first kappa shape index (κ1) is 22.0. The quantitative estimate of drug-likeness (QED) is 0.474. The van der Waals surface area contributed by atoms with Gasteiger partial charge in [0, 0.05) is 25.1 Å². The zero-order valence-corrected chi connectivity index (χ0v) is 18.9. The lowest BCUT2D eigenvalue weighted by molar-refractivity contribution is 0.0496. The van der Waals surface area contributed by atoms with Gasteiger partial charge in [0.25, 0.3) is 17.0 Å². The number of carbonyl (C=O) groups excluding carboxylic acids is 1. The number of hydrogen-bond acceptors (Lipinski definition) is 6. The van der Waals surface area contributed by atoms with E-state index in [-0.39, 0.29) is 35.4 Å². The molecule has 2 aromatic carbocycles. The molecule has 1 fully saturated rings. The smallest absolute Gasteiger partial charge is 0.275 e. The zero-order chi connectivity index (χ0) is 23.7. The second-order valence-corrected chi connectivity index (χ2v) is 8.37. The Morgan fingerprint density at radius 1 is 1.12 bits per heavy atom. The van der Waals surface area contributed by atoms with E-state index in [9.17, 15) is 14.4 Å². The minimum atomic E-state index is -0.343. The van der Waals surface area contributed by atoms with Crippen molar-refractivity contribution in [2.75, 3.05) is 13.2 Å². The monoisotopic (exact) mass is 459 g/mol. The lowest BCUT2D eigenvalue weighted by Gasteiger charge is -2.25. The molecule has 4 aromatic rings. The molecule has 9 heteroatoms. The van der Waals surface area contributed by atoms with Crippen molar-refractivity contribution in [3.8, 4) is 0 Å². The molecule has 1 N–H and O–H groups in total. The van der Waals surface area contributed by atoms with Crippen LogP contribution in [-0.4, -0.2) is 49.8 Å². The summed E-state index contributed by atoms with van der Waals surface area (Å²) in [5.41, 5.74) is 0.265. The van der Waals surface area contributed by atoms with E-state index < -0.39 is 0 Å². The number of rotatable bonds is 6. The highest BCUT2D eigenvalue weighted by atomic mass is 16.5. The predicted molar refractivity (Wildman–Crippen MR) is 128 cm³/mol. The topological polar surface area (TPSA) is 110 Å². The number of benzene rings is 2.